The SMILES string of the molecule is C[C@H](Cc1ccccc1)C(=O)Nc1ccc(S(=O)(=O)O)cc1. The summed E-state index contributed by atoms with van der Waals surface area (Å²) in [5.74, 6) is -0.368. The van der Waals surface area contributed by atoms with Crippen LogP contribution in [0.4, 0.5) is 5.69 Å². The first kappa shape index (κ1) is 16.2. The van der Waals surface area contributed by atoms with Crippen molar-refractivity contribution in [2.24, 2.45) is 5.92 Å². The quantitative estimate of drug-likeness (QED) is 0.830. The molecule has 0 spiro atoms. The molecule has 6 heteroatoms. The maximum absolute atomic E-state index is 12.1. The van der Waals surface area contributed by atoms with Crippen LogP contribution in [0.2, 0.25) is 0 Å². The number of carbonyl (C=O) groups excluding carboxylic acids is 1. The Balaban J connectivity index is 1.99. The molecule has 2 rings (SSSR count). The second-order valence-corrected chi connectivity index (χ2v) is 6.50. The van der Waals surface area contributed by atoms with E-state index in [-0.39, 0.29) is 16.7 Å². The van der Waals surface area contributed by atoms with E-state index in [1.165, 1.54) is 24.3 Å². The number of hydrogen-bond donors (Lipinski definition) is 2. The summed E-state index contributed by atoms with van der Waals surface area (Å²) in [5, 5.41) is 2.73. The minimum Gasteiger partial charge on any atom is -0.326 e. The minimum atomic E-state index is -4.22. The first-order valence-corrected chi connectivity index (χ1v) is 8.22. The zero-order chi connectivity index (χ0) is 16.2. The van der Waals surface area contributed by atoms with Gasteiger partial charge in [0, 0.05) is 11.6 Å². The van der Waals surface area contributed by atoms with Gasteiger partial charge in [-0.3, -0.25) is 9.35 Å². The van der Waals surface area contributed by atoms with E-state index < -0.39 is 10.1 Å². The third kappa shape index (κ3) is 4.41. The van der Waals surface area contributed by atoms with Crippen LogP contribution in [0.5, 0.6) is 0 Å². The Hall–Kier alpha value is -2.18. The topological polar surface area (TPSA) is 83.5 Å². The summed E-state index contributed by atoms with van der Waals surface area (Å²) in [6, 6.07) is 15.1. The first-order chi connectivity index (χ1) is 10.4. The van der Waals surface area contributed by atoms with Crippen molar-refractivity contribution in [3.63, 3.8) is 0 Å². The fraction of sp³-hybridized carbons (Fsp3) is 0.188. The molecule has 116 valence electrons. The van der Waals surface area contributed by atoms with Crippen LogP contribution in [0.1, 0.15) is 12.5 Å². The van der Waals surface area contributed by atoms with E-state index in [0.29, 0.717) is 12.1 Å². The van der Waals surface area contributed by atoms with Gasteiger partial charge in [-0.2, -0.15) is 8.42 Å². The van der Waals surface area contributed by atoms with Crippen molar-refractivity contribution in [2.45, 2.75) is 18.2 Å². The Morgan fingerprint density at radius 1 is 1.09 bits per heavy atom. The molecule has 2 N–H and O–H groups in total. The molecule has 0 aliphatic rings. The number of amides is 1. The van der Waals surface area contributed by atoms with Gasteiger partial charge in [0.15, 0.2) is 0 Å². The molecular weight excluding hydrogens is 302 g/mol. The lowest BCUT2D eigenvalue weighted by Gasteiger charge is -2.12. The fourth-order valence-electron chi connectivity index (χ4n) is 2.04. The predicted molar refractivity (Wildman–Crippen MR) is 84.2 cm³/mol. The van der Waals surface area contributed by atoms with Crippen LogP contribution >= 0.6 is 0 Å². The Morgan fingerprint density at radius 2 is 1.68 bits per heavy atom. The highest BCUT2D eigenvalue weighted by Crippen LogP contribution is 2.16. The van der Waals surface area contributed by atoms with Gasteiger partial charge in [-0.25, -0.2) is 0 Å². The lowest BCUT2D eigenvalue weighted by Crippen LogP contribution is -2.22. The Kier molecular flexibility index (Phi) is 4.95. The molecule has 0 fully saturated rings. The van der Waals surface area contributed by atoms with Crippen LogP contribution in [0.25, 0.3) is 0 Å². The van der Waals surface area contributed by atoms with Crippen molar-refractivity contribution in [1.82, 2.24) is 0 Å². The van der Waals surface area contributed by atoms with Gasteiger partial charge < -0.3 is 5.32 Å². The number of carbonyl (C=O) groups is 1. The van der Waals surface area contributed by atoms with E-state index in [0.717, 1.165) is 5.56 Å². The Labute approximate surface area is 129 Å². The van der Waals surface area contributed by atoms with Crippen molar-refractivity contribution < 1.29 is 17.8 Å². The van der Waals surface area contributed by atoms with Gasteiger partial charge >= 0.3 is 0 Å². The van der Waals surface area contributed by atoms with E-state index in [2.05, 4.69) is 5.32 Å². The van der Waals surface area contributed by atoms with Crippen molar-refractivity contribution in [1.29, 1.82) is 0 Å². The van der Waals surface area contributed by atoms with E-state index >= 15 is 0 Å². The average molecular weight is 319 g/mol. The van der Waals surface area contributed by atoms with Crippen molar-refractivity contribution in [3.05, 3.63) is 60.2 Å². The molecule has 0 aliphatic carbocycles. The van der Waals surface area contributed by atoms with Gasteiger partial charge in [0.05, 0.1) is 4.90 Å². The molecule has 2 aromatic rings. The van der Waals surface area contributed by atoms with Crippen LogP contribution in [0.15, 0.2) is 59.5 Å². The molecule has 0 aromatic heterocycles. The van der Waals surface area contributed by atoms with Crippen LogP contribution in [0.3, 0.4) is 0 Å². The second-order valence-electron chi connectivity index (χ2n) is 5.08. The van der Waals surface area contributed by atoms with E-state index in [4.69, 9.17) is 4.55 Å². The Bertz CT molecular complexity index is 739. The number of hydrogen-bond acceptors (Lipinski definition) is 3. The number of anilines is 1. The van der Waals surface area contributed by atoms with Gasteiger partial charge in [-0.15, -0.1) is 0 Å². The van der Waals surface area contributed by atoms with Crippen molar-refractivity contribution in [3.8, 4) is 0 Å². The molecule has 0 bridgehead atoms. The molecular formula is C16H17NO4S. The highest BCUT2D eigenvalue weighted by Gasteiger charge is 2.14. The number of nitrogens with one attached hydrogen (secondary N) is 1. The van der Waals surface area contributed by atoms with Crippen LogP contribution in [-0.4, -0.2) is 18.9 Å². The normalized spacial score (nSPS) is 12.6. The molecule has 0 saturated heterocycles. The number of rotatable bonds is 5. The summed E-state index contributed by atoms with van der Waals surface area (Å²) in [7, 11) is -4.22. The van der Waals surface area contributed by atoms with E-state index in [1.807, 2.05) is 37.3 Å². The monoisotopic (exact) mass is 319 g/mol. The van der Waals surface area contributed by atoms with Gasteiger partial charge in [0.25, 0.3) is 10.1 Å². The maximum atomic E-state index is 12.1. The van der Waals surface area contributed by atoms with Gasteiger partial charge in [-0.1, -0.05) is 37.3 Å². The maximum Gasteiger partial charge on any atom is 0.294 e. The highest BCUT2D eigenvalue weighted by atomic mass is 32.2. The lowest BCUT2D eigenvalue weighted by atomic mass is 10.0. The van der Waals surface area contributed by atoms with Gasteiger partial charge in [-0.05, 0) is 36.2 Å². The smallest absolute Gasteiger partial charge is 0.294 e. The lowest BCUT2D eigenvalue weighted by molar-refractivity contribution is -0.119. The largest absolute Gasteiger partial charge is 0.326 e. The van der Waals surface area contributed by atoms with Crippen LogP contribution in [0, 0.1) is 5.92 Å². The van der Waals surface area contributed by atoms with Crippen molar-refractivity contribution >= 4 is 21.7 Å². The molecule has 5 nitrogen and oxygen atoms in total. The molecule has 0 heterocycles. The second kappa shape index (κ2) is 6.72. The summed E-state index contributed by atoms with van der Waals surface area (Å²) in [5.41, 5.74) is 1.56. The molecule has 22 heavy (non-hydrogen) atoms. The predicted octanol–water partition coefficient (Wildman–Crippen LogP) is 2.75. The van der Waals surface area contributed by atoms with Crippen LogP contribution < -0.4 is 5.32 Å². The molecule has 2 aromatic carbocycles. The third-order valence-corrected chi connectivity index (χ3v) is 4.12. The minimum absolute atomic E-state index is 0.150. The van der Waals surface area contributed by atoms with Gasteiger partial charge in [0.1, 0.15) is 0 Å². The van der Waals surface area contributed by atoms with Crippen LogP contribution in [-0.2, 0) is 21.3 Å². The fourth-order valence-corrected chi connectivity index (χ4v) is 2.52. The number of benzene rings is 2. The summed E-state index contributed by atoms with van der Waals surface area (Å²) in [4.78, 5) is 11.9. The first-order valence-electron chi connectivity index (χ1n) is 6.78. The molecule has 0 unspecified atom stereocenters. The highest BCUT2D eigenvalue weighted by molar-refractivity contribution is 7.85. The molecule has 0 aliphatic heterocycles. The molecule has 1 atom stereocenters. The zero-order valence-corrected chi connectivity index (χ0v) is 12.9. The average Bonchev–Trinajstić information content (AvgIpc) is 2.48. The molecule has 1 amide bonds. The Morgan fingerprint density at radius 3 is 2.23 bits per heavy atom. The third-order valence-electron chi connectivity index (χ3n) is 3.25. The van der Waals surface area contributed by atoms with Crippen molar-refractivity contribution in [2.75, 3.05) is 5.32 Å². The van der Waals surface area contributed by atoms with Gasteiger partial charge in [0.2, 0.25) is 5.91 Å². The molecule has 0 saturated carbocycles. The van der Waals surface area contributed by atoms with E-state index in [9.17, 15) is 13.2 Å². The van der Waals surface area contributed by atoms with E-state index in [1.54, 1.807) is 0 Å². The summed E-state index contributed by atoms with van der Waals surface area (Å²) in [6.45, 7) is 1.83. The molecule has 0 radical (unpaired) electrons. The summed E-state index contributed by atoms with van der Waals surface area (Å²) < 4.78 is 30.8. The zero-order valence-electron chi connectivity index (χ0n) is 12.1. The summed E-state index contributed by atoms with van der Waals surface area (Å²) >= 11 is 0. The summed E-state index contributed by atoms with van der Waals surface area (Å²) in [6.07, 6.45) is 0.621. The standard InChI is InChI=1S/C16H17NO4S/c1-12(11-13-5-3-2-4-6-13)16(18)17-14-7-9-15(10-8-14)22(19,20)21/h2-10,12H,11H2,1H3,(H,17,18)(H,19,20,21)/t12-/m1/s1.